The average Bonchev–Trinajstić information content (AvgIpc) is 3.23. The van der Waals surface area contributed by atoms with Crippen molar-refractivity contribution in [2.24, 2.45) is 0 Å². The van der Waals surface area contributed by atoms with Gasteiger partial charge in [-0.25, -0.2) is 18.6 Å². The molecule has 3 aromatic rings. The first-order valence-corrected chi connectivity index (χ1v) is 11.7. The van der Waals surface area contributed by atoms with E-state index in [0.29, 0.717) is 22.7 Å². The third kappa shape index (κ3) is 7.17. The lowest BCUT2D eigenvalue weighted by Crippen LogP contribution is -2.28. The lowest BCUT2D eigenvalue weighted by atomic mass is 10.1. The lowest BCUT2D eigenvalue weighted by Gasteiger charge is -2.08. The van der Waals surface area contributed by atoms with Crippen LogP contribution < -0.4 is 20.3 Å². The van der Waals surface area contributed by atoms with Gasteiger partial charge in [-0.3, -0.25) is 14.8 Å². The standard InChI is InChI=1S/C22H23N3O7S/c1-33(29,30)24-14-17(20-12-16-4-2-3-5-19(16)32-20)13-21(26)23-10-11-31-18-8-6-15(7-9-18)22(27)25-28/h2-9,12-13,24,28H,10-11,14H2,1H3,(H,23,26)(H,25,27)/b17-13+. The Bertz CT molecular complexity index is 1230. The molecule has 1 aromatic heterocycles. The maximum Gasteiger partial charge on any atom is 0.274 e. The minimum Gasteiger partial charge on any atom is -0.492 e. The largest absolute Gasteiger partial charge is 0.492 e. The van der Waals surface area contributed by atoms with Gasteiger partial charge in [0.25, 0.3) is 5.91 Å². The molecule has 2 aromatic carbocycles. The zero-order chi connectivity index (χ0) is 23.8. The first-order valence-electron chi connectivity index (χ1n) is 9.84. The van der Waals surface area contributed by atoms with Crippen LogP contribution >= 0.6 is 0 Å². The smallest absolute Gasteiger partial charge is 0.274 e. The van der Waals surface area contributed by atoms with Gasteiger partial charge in [-0.05, 0) is 36.4 Å². The Morgan fingerprint density at radius 1 is 1.12 bits per heavy atom. The summed E-state index contributed by atoms with van der Waals surface area (Å²) in [6.07, 6.45) is 2.31. The number of hydroxylamine groups is 1. The van der Waals surface area contributed by atoms with E-state index in [0.717, 1.165) is 11.6 Å². The van der Waals surface area contributed by atoms with Crippen molar-refractivity contribution in [1.82, 2.24) is 15.5 Å². The fourth-order valence-corrected chi connectivity index (χ4v) is 3.30. The predicted molar refractivity (Wildman–Crippen MR) is 121 cm³/mol. The van der Waals surface area contributed by atoms with Crippen molar-refractivity contribution < 1.29 is 32.4 Å². The molecule has 0 aliphatic rings. The first-order chi connectivity index (χ1) is 15.7. The van der Waals surface area contributed by atoms with Gasteiger partial charge in [0.15, 0.2) is 0 Å². The highest BCUT2D eigenvalue weighted by Crippen LogP contribution is 2.24. The Labute approximate surface area is 190 Å². The Kier molecular flexibility index (Phi) is 7.83. The maximum atomic E-state index is 12.4. The molecule has 0 fully saturated rings. The topological polar surface area (TPSA) is 147 Å². The Morgan fingerprint density at radius 3 is 2.52 bits per heavy atom. The molecule has 0 saturated heterocycles. The van der Waals surface area contributed by atoms with Crippen molar-refractivity contribution in [1.29, 1.82) is 0 Å². The molecule has 4 N–H and O–H groups in total. The molecule has 0 bridgehead atoms. The van der Waals surface area contributed by atoms with E-state index in [1.54, 1.807) is 29.7 Å². The number of rotatable bonds is 10. The molecule has 2 amide bonds. The van der Waals surface area contributed by atoms with Crippen LogP contribution in [0.15, 0.2) is 65.1 Å². The van der Waals surface area contributed by atoms with Gasteiger partial charge in [0.2, 0.25) is 15.9 Å². The number of ether oxygens (including phenoxy) is 1. The summed E-state index contributed by atoms with van der Waals surface area (Å²) in [6, 6.07) is 15.1. The minimum absolute atomic E-state index is 0.115. The summed E-state index contributed by atoms with van der Waals surface area (Å²) < 4.78 is 36.7. The van der Waals surface area contributed by atoms with E-state index in [2.05, 4.69) is 10.0 Å². The Morgan fingerprint density at radius 2 is 1.85 bits per heavy atom. The molecule has 0 aliphatic carbocycles. The zero-order valence-electron chi connectivity index (χ0n) is 17.7. The molecule has 33 heavy (non-hydrogen) atoms. The van der Waals surface area contributed by atoms with E-state index < -0.39 is 21.8 Å². The molecule has 11 heteroatoms. The number of amides is 2. The van der Waals surface area contributed by atoms with Gasteiger partial charge in [0.05, 0.1) is 12.8 Å². The van der Waals surface area contributed by atoms with Crippen molar-refractivity contribution in [2.45, 2.75) is 0 Å². The molecule has 174 valence electrons. The molecular formula is C22H23N3O7S. The van der Waals surface area contributed by atoms with Crippen molar-refractivity contribution >= 4 is 38.4 Å². The number of sulfonamides is 1. The number of furan rings is 1. The summed E-state index contributed by atoms with van der Waals surface area (Å²) in [6.45, 7) is 0.226. The summed E-state index contributed by atoms with van der Waals surface area (Å²) in [7, 11) is -3.48. The highest BCUT2D eigenvalue weighted by Gasteiger charge is 2.13. The fourth-order valence-electron chi connectivity index (χ4n) is 2.88. The first kappa shape index (κ1) is 24.0. The van der Waals surface area contributed by atoms with E-state index in [1.807, 2.05) is 18.2 Å². The van der Waals surface area contributed by atoms with Crippen LogP contribution in [-0.4, -0.2) is 51.4 Å². The molecule has 0 atom stereocenters. The average molecular weight is 474 g/mol. The number of fused-ring (bicyclic) bond motifs is 1. The number of para-hydroxylation sites is 1. The monoisotopic (exact) mass is 473 g/mol. The number of hydrogen-bond acceptors (Lipinski definition) is 7. The highest BCUT2D eigenvalue weighted by molar-refractivity contribution is 7.88. The van der Waals surface area contributed by atoms with E-state index >= 15 is 0 Å². The molecule has 3 rings (SSSR count). The van der Waals surface area contributed by atoms with Crippen molar-refractivity contribution in [3.05, 3.63) is 72.0 Å². The van der Waals surface area contributed by atoms with Crippen LogP contribution in [0.5, 0.6) is 5.75 Å². The molecule has 0 radical (unpaired) electrons. The summed E-state index contributed by atoms with van der Waals surface area (Å²) in [5.41, 5.74) is 2.80. The van der Waals surface area contributed by atoms with Crippen LogP contribution in [0.25, 0.3) is 16.5 Å². The second-order valence-corrected chi connectivity index (χ2v) is 8.85. The highest BCUT2D eigenvalue weighted by atomic mass is 32.2. The number of nitrogens with one attached hydrogen (secondary N) is 3. The molecule has 1 heterocycles. The number of carbonyl (C=O) groups is 2. The predicted octanol–water partition coefficient (Wildman–Crippen LogP) is 1.68. The third-order valence-electron chi connectivity index (χ3n) is 4.46. The van der Waals surface area contributed by atoms with Crippen molar-refractivity contribution in [3.63, 3.8) is 0 Å². The van der Waals surface area contributed by atoms with Crippen LogP contribution in [-0.2, 0) is 14.8 Å². The van der Waals surface area contributed by atoms with E-state index in [4.69, 9.17) is 14.4 Å². The van der Waals surface area contributed by atoms with Crippen molar-refractivity contribution in [3.8, 4) is 5.75 Å². The number of hydrogen-bond donors (Lipinski definition) is 4. The maximum absolute atomic E-state index is 12.4. The van der Waals surface area contributed by atoms with Gasteiger partial charge in [-0.2, -0.15) is 0 Å². The van der Waals surface area contributed by atoms with Crippen molar-refractivity contribution in [2.75, 3.05) is 26.0 Å². The Balaban J connectivity index is 1.60. The zero-order valence-corrected chi connectivity index (χ0v) is 18.5. The van der Waals surface area contributed by atoms with E-state index in [1.165, 1.54) is 18.2 Å². The fraction of sp³-hybridized carbons (Fsp3) is 0.182. The van der Waals surface area contributed by atoms with Crippen LogP contribution in [0.1, 0.15) is 16.1 Å². The molecule has 0 unspecified atom stereocenters. The number of carbonyl (C=O) groups excluding carboxylic acids is 2. The van der Waals surface area contributed by atoms with Crippen LogP contribution in [0.3, 0.4) is 0 Å². The SMILES string of the molecule is CS(=O)(=O)NC/C(=C\C(=O)NCCOc1ccc(C(=O)NO)cc1)c1cc2ccccc2o1. The van der Waals surface area contributed by atoms with Crippen LogP contribution in [0, 0.1) is 0 Å². The van der Waals surface area contributed by atoms with Gasteiger partial charge in [-0.15, -0.1) is 0 Å². The van der Waals surface area contributed by atoms with E-state index in [-0.39, 0.29) is 25.3 Å². The molecule has 0 saturated carbocycles. The van der Waals surface area contributed by atoms with Crippen LogP contribution in [0.4, 0.5) is 0 Å². The second-order valence-electron chi connectivity index (χ2n) is 7.02. The van der Waals surface area contributed by atoms with Gasteiger partial charge in [0, 0.05) is 29.1 Å². The Hall–Kier alpha value is -3.67. The lowest BCUT2D eigenvalue weighted by molar-refractivity contribution is -0.116. The van der Waals surface area contributed by atoms with Gasteiger partial charge >= 0.3 is 0 Å². The summed E-state index contributed by atoms with van der Waals surface area (Å²) in [5, 5.41) is 12.1. The molecule has 10 nitrogen and oxygen atoms in total. The number of benzene rings is 2. The van der Waals surface area contributed by atoms with E-state index in [9.17, 15) is 18.0 Å². The summed E-state index contributed by atoms with van der Waals surface area (Å²) in [4.78, 5) is 23.7. The second kappa shape index (κ2) is 10.8. The molecule has 0 spiro atoms. The minimum atomic E-state index is -3.48. The van der Waals surface area contributed by atoms with Gasteiger partial charge < -0.3 is 14.5 Å². The molecule has 0 aliphatic heterocycles. The third-order valence-corrected chi connectivity index (χ3v) is 5.13. The quantitative estimate of drug-likeness (QED) is 0.152. The summed E-state index contributed by atoms with van der Waals surface area (Å²) >= 11 is 0. The van der Waals surface area contributed by atoms with Gasteiger partial charge in [-0.1, -0.05) is 18.2 Å². The molecular weight excluding hydrogens is 450 g/mol. The van der Waals surface area contributed by atoms with Gasteiger partial charge in [0.1, 0.15) is 23.7 Å². The summed E-state index contributed by atoms with van der Waals surface area (Å²) in [5.74, 6) is -0.217. The van der Waals surface area contributed by atoms with Crippen LogP contribution in [0.2, 0.25) is 0 Å². The normalized spacial score (nSPS) is 11.9.